The second-order valence-electron chi connectivity index (χ2n) is 2.06. The summed E-state index contributed by atoms with van der Waals surface area (Å²) in [5.41, 5.74) is 0. The number of hydrogen-bond donors (Lipinski definition) is 0. The summed E-state index contributed by atoms with van der Waals surface area (Å²) in [5.74, 6) is -0.609. The van der Waals surface area contributed by atoms with Gasteiger partial charge in [0.25, 0.3) is 0 Å². The van der Waals surface area contributed by atoms with Gasteiger partial charge in [-0.1, -0.05) is 0 Å². The molecule has 0 aromatic carbocycles. The molecule has 5 nitrogen and oxygen atoms in total. The average Bonchev–Trinajstić information content (AvgIpc) is 2.00. The molecule has 1 unspecified atom stereocenters. The molecule has 0 saturated heterocycles. The van der Waals surface area contributed by atoms with Crippen LogP contribution in [0.25, 0.3) is 0 Å². The Morgan fingerprint density at radius 3 is 2.75 bits per heavy atom. The maximum atomic E-state index is 12.2. The van der Waals surface area contributed by atoms with Crippen LogP contribution in [0.3, 0.4) is 0 Å². The number of carbonyl (C=O) groups excluding carboxylic acids is 1. The number of rotatable bonds is 5. The van der Waals surface area contributed by atoms with Crippen LogP contribution in [0.1, 0.15) is 19.8 Å². The molecule has 0 heterocycles. The van der Waals surface area contributed by atoms with Crippen molar-refractivity contribution in [3.05, 3.63) is 10.1 Å². The number of ether oxygens (including phenoxy) is 1. The number of alkyl halides is 1. The molecule has 0 fully saturated rings. The van der Waals surface area contributed by atoms with E-state index in [1.54, 1.807) is 6.92 Å². The van der Waals surface area contributed by atoms with E-state index in [9.17, 15) is 19.3 Å². The quantitative estimate of drug-likeness (QED) is 0.272. The van der Waals surface area contributed by atoms with Crippen LogP contribution >= 0.6 is 0 Å². The van der Waals surface area contributed by atoms with E-state index in [-0.39, 0.29) is 13.0 Å². The SMILES string of the molecule is CCOC(=O)CCC(F)[N+](=O)[O-]. The molecule has 0 aliphatic heterocycles. The number of hydrogen-bond acceptors (Lipinski definition) is 4. The van der Waals surface area contributed by atoms with Gasteiger partial charge in [0.1, 0.15) is 0 Å². The summed E-state index contributed by atoms with van der Waals surface area (Å²) in [5, 5.41) is 9.75. The van der Waals surface area contributed by atoms with Crippen molar-refractivity contribution in [2.45, 2.75) is 26.1 Å². The zero-order valence-corrected chi connectivity index (χ0v) is 6.66. The first-order valence-corrected chi connectivity index (χ1v) is 3.51. The Bertz CT molecular complexity index is 173. The smallest absolute Gasteiger partial charge is 0.350 e. The zero-order valence-electron chi connectivity index (χ0n) is 6.66. The Balaban J connectivity index is 3.54. The monoisotopic (exact) mass is 179 g/mol. The average molecular weight is 179 g/mol. The van der Waals surface area contributed by atoms with E-state index in [0.29, 0.717) is 0 Å². The van der Waals surface area contributed by atoms with Gasteiger partial charge in [0.05, 0.1) is 24.4 Å². The second-order valence-corrected chi connectivity index (χ2v) is 2.06. The van der Waals surface area contributed by atoms with E-state index in [0.717, 1.165) is 0 Å². The van der Waals surface area contributed by atoms with Crippen molar-refractivity contribution < 1.29 is 18.8 Å². The Morgan fingerprint density at radius 1 is 1.75 bits per heavy atom. The van der Waals surface area contributed by atoms with Crippen molar-refractivity contribution in [2.75, 3.05) is 6.61 Å². The summed E-state index contributed by atoms with van der Waals surface area (Å²) in [6, 6.07) is 0. The largest absolute Gasteiger partial charge is 0.466 e. The number of esters is 1. The topological polar surface area (TPSA) is 69.4 Å². The van der Waals surface area contributed by atoms with Gasteiger partial charge in [0, 0.05) is 0 Å². The van der Waals surface area contributed by atoms with Gasteiger partial charge in [0.2, 0.25) is 0 Å². The van der Waals surface area contributed by atoms with Gasteiger partial charge < -0.3 is 4.74 Å². The number of halogens is 1. The maximum Gasteiger partial charge on any atom is 0.350 e. The van der Waals surface area contributed by atoms with Crippen LogP contribution in [0.5, 0.6) is 0 Å². The fourth-order valence-electron chi connectivity index (χ4n) is 0.576. The van der Waals surface area contributed by atoms with Crippen molar-refractivity contribution in [3.63, 3.8) is 0 Å². The second kappa shape index (κ2) is 5.45. The lowest BCUT2D eigenvalue weighted by Gasteiger charge is -2.00. The third-order valence-electron chi connectivity index (χ3n) is 1.12. The molecule has 0 saturated carbocycles. The van der Waals surface area contributed by atoms with Crippen molar-refractivity contribution >= 4 is 5.97 Å². The lowest BCUT2D eigenvalue weighted by atomic mass is 10.3. The zero-order chi connectivity index (χ0) is 9.56. The van der Waals surface area contributed by atoms with Crippen LogP contribution in [0.4, 0.5) is 4.39 Å². The van der Waals surface area contributed by atoms with Crippen molar-refractivity contribution in [2.24, 2.45) is 0 Å². The van der Waals surface area contributed by atoms with Gasteiger partial charge in [-0.3, -0.25) is 14.9 Å². The lowest BCUT2D eigenvalue weighted by molar-refractivity contribution is -0.554. The highest BCUT2D eigenvalue weighted by molar-refractivity contribution is 5.69. The normalized spacial score (nSPS) is 12.2. The first-order chi connectivity index (χ1) is 5.57. The number of carbonyl (C=O) groups is 1. The molecule has 0 aliphatic rings. The van der Waals surface area contributed by atoms with Gasteiger partial charge in [-0.2, -0.15) is 4.39 Å². The van der Waals surface area contributed by atoms with Gasteiger partial charge in [-0.25, -0.2) is 0 Å². The molecule has 6 heteroatoms. The van der Waals surface area contributed by atoms with Crippen LogP contribution in [0, 0.1) is 10.1 Å². The predicted octanol–water partition coefficient (Wildman–Crippen LogP) is 0.902. The molecular formula is C6H10FNO4. The van der Waals surface area contributed by atoms with Gasteiger partial charge in [-0.15, -0.1) is 0 Å². The fraction of sp³-hybridized carbons (Fsp3) is 0.833. The van der Waals surface area contributed by atoms with E-state index < -0.39 is 23.6 Å². The molecule has 1 atom stereocenters. The summed E-state index contributed by atoms with van der Waals surface area (Å²) in [6.07, 6.45) is -2.85. The van der Waals surface area contributed by atoms with Crippen LogP contribution in [-0.4, -0.2) is 23.8 Å². The minimum absolute atomic E-state index is 0.203. The molecule has 0 spiro atoms. The Hall–Kier alpha value is -1.20. The molecule has 0 amide bonds. The van der Waals surface area contributed by atoms with Crippen LogP contribution in [0.2, 0.25) is 0 Å². The van der Waals surface area contributed by atoms with Crippen LogP contribution in [0.15, 0.2) is 0 Å². The Labute approximate surface area is 68.7 Å². The third kappa shape index (κ3) is 4.59. The lowest BCUT2D eigenvalue weighted by Crippen LogP contribution is -2.15. The van der Waals surface area contributed by atoms with E-state index in [2.05, 4.69) is 4.74 Å². The van der Waals surface area contributed by atoms with Crippen molar-refractivity contribution in [1.82, 2.24) is 0 Å². The molecule has 0 aromatic heterocycles. The predicted molar refractivity (Wildman–Crippen MR) is 37.8 cm³/mol. The van der Waals surface area contributed by atoms with E-state index in [1.165, 1.54) is 0 Å². The molecule has 0 N–H and O–H groups in total. The van der Waals surface area contributed by atoms with Crippen molar-refractivity contribution in [1.29, 1.82) is 0 Å². The maximum absolute atomic E-state index is 12.2. The summed E-state index contributed by atoms with van der Waals surface area (Å²) >= 11 is 0. The molecule has 0 rings (SSSR count). The number of nitrogens with zero attached hydrogens (tertiary/aromatic N) is 1. The highest BCUT2D eigenvalue weighted by atomic mass is 19.1. The standard InChI is InChI=1S/C6H10FNO4/c1-2-12-6(9)4-3-5(7)8(10)11/h5H,2-4H2,1H3. The molecule has 70 valence electrons. The molecule has 0 radical (unpaired) electrons. The molecule has 0 bridgehead atoms. The Morgan fingerprint density at radius 2 is 2.33 bits per heavy atom. The summed E-state index contributed by atoms with van der Waals surface area (Å²) in [7, 11) is 0. The van der Waals surface area contributed by atoms with Crippen LogP contribution in [-0.2, 0) is 9.53 Å². The summed E-state index contributed by atoms with van der Waals surface area (Å²) in [6.45, 7) is 1.81. The fourth-order valence-corrected chi connectivity index (χ4v) is 0.576. The third-order valence-corrected chi connectivity index (χ3v) is 1.12. The van der Waals surface area contributed by atoms with E-state index in [4.69, 9.17) is 0 Å². The molecule has 12 heavy (non-hydrogen) atoms. The van der Waals surface area contributed by atoms with E-state index >= 15 is 0 Å². The van der Waals surface area contributed by atoms with Crippen LogP contribution < -0.4 is 0 Å². The highest BCUT2D eigenvalue weighted by Gasteiger charge is 2.19. The summed E-state index contributed by atoms with van der Waals surface area (Å²) in [4.78, 5) is 19.2. The first-order valence-electron chi connectivity index (χ1n) is 3.51. The minimum Gasteiger partial charge on any atom is -0.466 e. The van der Waals surface area contributed by atoms with Gasteiger partial charge in [-0.05, 0) is 6.92 Å². The number of nitro groups is 1. The molecular weight excluding hydrogens is 169 g/mol. The first kappa shape index (κ1) is 10.8. The highest BCUT2D eigenvalue weighted by Crippen LogP contribution is 2.03. The molecule has 0 aliphatic carbocycles. The van der Waals surface area contributed by atoms with E-state index in [1.807, 2.05) is 0 Å². The summed E-state index contributed by atoms with van der Waals surface area (Å²) < 4.78 is 16.7. The van der Waals surface area contributed by atoms with Crippen molar-refractivity contribution in [3.8, 4) is 0 Å². The molecule has 0 aromatic rings. The van der Waals surface area contributed by atoms with Gasteiger partial charge >= 0.3 is 12.3 Å². The van der Waals surface area contributed by atoms with Gasteiger partial charge in [0.15, 0.2) is 0 Å². The minimum atomic E-state index is -2.17. The Kier molecular flexibility index (Phi) is 4.91.